The van der Waals surface area contributed by atoms with Crippen LogP contribution < -0.4 is 0 Å². The molecule has 3 nitrogen and oxygen atoms in total. The van der Waals surface area contributed by atoms with Gasteiger partial charge in [0.25, 0.3) is 0 Å². The van der Waals surface area contributed by atoms with Crippen molar-refractivity contribution in [2.45, 2.75) is 33.5 Å². The van der Waals surface area contributed by atoms with Crippen LogP contribution in [0.3, 0.4) is 0 Å². The Morgan fingerprint density at radius 1 is 1.15 bits per heavy atom. The van der Waals surface area contributed by atoms with Gasteiger partial charge in [0.2, 0.25) is 0 Å². The highest BCUT2D eigenvalue weighted by Crippen LogP contribution is 2.30. The van der Waals surface area contributed by atoms with Gasteiger partial charge in [-0.25, -0.2) is 0 Å². The van der Waals surface area contributed by atoms with Crippen LogP contribution in [-0.4, -0.2) is 17.2 Å². The van der Waals surface area contributed by atoms with E-state index in [-0.39, 0.29) is 17.7 Å². The summed E-state index contributed by atoms with van der Waals surface area (Å²) in [5.74, 6) is -0.116. The average molecular weight is 183 g/mol. The third kappa shape index (κ3) is 3.37. The van der Waals surface area contributed by atoms with Gasteiger partial charge in [-0.05, 0) is 11.8 Å². The molecule has 0 radical (unpaired) electrons. The highest BCUT2D eigenvalue weighted by Gasteiger charge is 2.32. The smallest absolute Gasteiger partial charge is 0.427 e. The van der Waals surface area contributed by atoms with E-state index >= 15 is 0 Å². The zero-order chi connectivity index (χ0) is 10.6. The third-order valence-corrected chi connectivity index (χ3v) is 2.80. The number of rotatable bonds is 4. The van der Waals surface area contributed by atoms with E-state index < -0.39 is 7.12 Å². The van der Waals surface area contributed by atoms with Gasteiger partial charge in [0, 0.05) is 5.82 Å². The van der Waals surface area contributed by atoms with Crippen molar-refractivity contribution in [3.8, 4) is 6.07 Å². The summed E-state index contributed by atoms with van der Waals surface area (Å²) in [6.45, 7) is 7.73. The summed E-state index contributed by atoms with van der Waals surface area (Å²) in [6.07, 6.45) is 0. The first-order valence-corrected chi connectivity index (χ1v) is 4.67. The molecule has 0 heterocycles. The fourth-order valence-electron chi connectivity index (χ4n) is 1.31. The van der Waals surface area contributed by atoms with Crippen molar-refractivity contribution in [2.24, 2.45) is 17.8 Å². The Morgan fingerprint density at radius 2 is 1.62 bits per heavy atom. The van der Waals surface area contributed by atoms with E-state index in [0.717, 1.165) is 0 Å². The highest BCUT2D eigenvalue weighted by atomic mass is 16.4. The lowest BCUT2D eigenvalue weighted by molar-refractivity contribution is 0.289. The van der Waals surface area contributed by atoms with Crippen molar-refractivity contribution in [3.05, 3.63) is 0 Å². The predicted molar refractivity (Wildman–Crippen MR) is 52.7 cm³/mol. The molecule has 0 spiro atoms. The number of nitrogens with zero attached hydrogens (tertiary/aromatic N) is 1. The molecule has 0 aromatic heterocycles. The van der Waals surface area contributed by atoms with Crippen molar-refractivity contribution in [1.29, 1.82) is 5.26 Å². The number of hydrogen-bond donors (Lipinski definition) is 2. The molecule has 0 aliphatic heterocycles. The maximum absolute atomic E-state index is 8.96. The second-order valence-corrected chi connectivity index (χ2v) is 4.03. The standard InChI is InChI=1S/C9H18BNO2/c1-6(2)7(3)9(5-11)8(4)10(12)13/h6-9,12-13H,1-4H3. The van der Waals surface area contributed by atoms with Crippen molar-refractivity contribution < 1.29 is 10.0 Å². The number of hydrogen-bond acceptors (Lipinski definition) is 3. The van der Waals surface area contributed by atoms with Crippen LogP contribution >= 0.6 is 0 Å². The molecular weight excluding hydrogens is 165 g/mol. The van der Waals surface area contributed by atoms with Crippen LogP contribution in [0.25, 0.3) is 0 Å². The van der Waals surface area contributed by atoms with E-state index in [1.54, 1.807) is 6.92 Å². The fraction of sp³-hybridized carbons (Fsp3) is 0.889. The lowest BCUT2D eigenvalue weighted by atomic mass is 9.62. The second-order valence-electron chi connectivity index (χ2n) is 4.03. The second kappa shape index (κ2) is 5.26. The molecule has 3 unspecified atom stereocenters. The molecule has 0 aromatic carbocycles. The first-order chi connectivity index (χ1) is 5.91. The van der Waals surface area contributed by atoms with Gasteiger partial charge >= 0.3 is 7.12 Å². The van der Waals surface area contributed by atoms with E-state index in [1.165, 1.54) is 0 Å². The molecule has 0 rings (SSSR count). The first-order valence-electron chi connectivity index (χ1n) is 4.67. The Bertz CT molecular complexity index is 175. The van der Waals surface area contributed by atoms with Crippen LogP contribution in [0.2, 0.25) is 5.82 Å². The molecule has 74 valence electrons. The molecule has 13 heavy (non-hydrogen) atoms. The Morgan fingerprint density at radius 3 is 1.85 bits per heavy atom. The van der Waals surface area contributed by atoms with Crippen LogP contribution in [0.1, 0.15) is 27.7 Å². The van der Waals surface area contributed by atoms with Gasteiger partial charge in [-0.3, -0.25) is 0 Å². The summed E-state index contributed by atoms with van der Waals surface area (Å²) in [4.78, 5) is 0. The molecule has 0 bridgehead atoms. The highest BCUT2D eigenvalue weighted by molar-refractivity contribution is 6.43. The zero-order valence-corrected chi connectivity index (χ0v) is 8.73. The minimum Gasteiger partial charge on any atom is -0.427 e. The zero-order valence-electron chi connectivity index (χ0n) is 8.73. The van der Waals surface area contributed by atoms with E-state index in [0.29, 0.717) is 5.92 Å². The maximum atomic E-state index is 8.96. The van der Waals surface area contributed by atoms with Crippen molar-refractivity contribution in [3.63, 3.8) is 0 Å². The molecule has 0 aliphatic rings. The normalized spacial score (nSPS) is 17.7. The Hall–Kier alpha value is -0.525. The molecule has 4 heteroatoms. The summed E-state index contributed by atoms with van der Waals surface area (Å²) < 4.78 is 0. The van der Waals surface area contributed by atoms with Crippen LogP contribution in [0.15, 0.2) is 0 Å². The van der Waals surface area contributed by atoms with E-state index in [9.17, 15) is 0 Å². The van der Waals surface area contributed by atoms with Gasteiger partial charge in [-0.1, -0.05) is 27.7 Å². The molecule has 0 saturated heterocycles. The Labute approximate surface area is 80.5 Å². The van der Waals surface area contributed by atoms with Gasteiger partial charge in [-0.2, -0.15) is 5.26 Å². The molecule has 0 aliphatic carbocycles. The molecule has 3 atom stereocenters. The minimum atomic E-state index is -1.40. The van der Waals surface area contributed by atoms with Crippen molar-refractivity contribution in [2.75, 3.05) is 0 Å². The molecule has 0 saturated carbocycles. The van der Waals surface area contributed by atoms with Crippen LogP contribution in [0, 0.1) is 29.1 Å². The van der Waals surface area contributed by atoms with Gasteiger partial charge in [0.05, 0.1) is 12.0 Å². The van der Waals surface area contributed by atoms with E-state index in [2.05, 4.69) is 6.07 Å². The quantitative estimate of drug-likeness (QED) is 0.645. The molecule has 2 N–H and O–H groups in total. The van der Waals surface area contributed by atoms with Crippen LogP contribution in [-0.2, 0) is 0 Å². The monoisotopic (exact) mass is 183 g/mol. The van der Waals surface area contributed by atoms with E-state index in [4.69, 9.17) is 15.3 Å². The van der Waals surface area contributed by atoms with Gasteiger partial charge in [0.15, 0.2) is 0 Å². The summed E-state index contributed by atoms with van der Waals surface area (Å²) in [6, 6.07) is 2.14. The Kier molecular flexibility index (Phi) is 5.05. The molecule has 0 amide bonds. The molecular formula is C9H18BNO2. The van der Waals surface area contributed by atoms with Crippen LogP contribution in [0.5, 0.6) is 0 Å². The predicted octanol–water partition coefficient (Wildman–Crippen LogP) is 1.28. The minimum absolute atomic E-state index is 0.182. The lowest BCUT2D eigenvalue weighted by Gasteiger charge is -2.25. The maximum Gasteiger partial charge on any atom is 0.455 e. The van der Waals surface area contributed by atoms with Crippen LogP contribution in [0.4, 0.5) is 0 Å². The van der Waals surface area contributed by atoms with Gasteiger partial charge < -0.3 is 10.0 Å². The summed E-state index contributed by atoms with van der Waals surface area (Å²) >= 11 is 0. The summed E-state index contributed by atoms with van der Waals surface area (Å²) in [5, 5.41) is 26.8. The Balaban J connectivity index is 4.44. The fourth-order valence-corrected chi connectivity index (χ4v) is 1.31. The largest absolute Gasteiger partial charge is 0.455 e. The van der Waals surface area contributed by atoms with Gasteiger partial charge in [-0.15, -0.1) is 0 Å². The topological polar surface area (TPSA) is 64.2 Å². The van der Waals surface area contributed by atoms with E-state index in [1.807, 2.05) is 20.8 Å². The number of nitriles is 1. The SMILES string of the molecule is CC(C)C(C)C(C#N)C(C)B(O)O. The molecule has 0 fully saturated rings. The first kappa shape index (κ1) is 12.5. The molecule has 0 aromatic rings. The third-order valence-electron chi connectivity index (χ3n) is 2.80. The summed E-state index contributed by atoms with van der Waals surface area (Å²) in [7, 11) is -1.40. The van der Waals surface area contributed by atoms with Crippen molar-refractivity contribution >= 4 is 7.12 Å². The van der Waals surface area contributed by atoms with Gasteiger partial charge in [0.1, 0.15) is 0 Å². The van der Waals surface area contributed by atoms with Crippen molar-refractivity contribution in [1.82, 2.24) is 0 Å². The summed E-state index contributed by atoms with van der Waals surface area (Å²) in [5.41, 5.74) is 0. The average Bonchev–Trinajstić information content (AvgIpc) is 2.04. The lowest BCUT2D eigenvalue weighted by Crippen LogP contribution is -2.29.